The summed E-state index contributed by atoms with van der Waals surface area (Å²) in [6, 6.07) is 8.01. The second kappa shape index (κ2) is 8.31. The van der Waals surface area contributed by atoms with E-state index in [0.717, 1.165) is 27.4 Å². The van der Waals surface area contributed by atoms with Gasteiger partial charge in [0.1, 0.15) is 5.69 Å². The van der Waals surface area contributed by atoms with Crippen molar-refractivity contribution in [1.29, 1.82) is 0 Å². The lowest BCUT2D eigenvalue weighted by Gasteiger charge is -2.40. The highest BCUT2D eigenvalue weighted by molar-refractivity contribution is 7.15. The van der Waals surface area contributed by atoms with E-state index in [1.165, 1.54) is 22.7 Å². The third kappa shape index (κ3) is 3.70. The number of aromatic nitrogens is 3. The highest BCUT2D eigenvalue weighted by atomic mass is 35.5. The van der Waals surface area contributed by atoms with Crippen molar-refractivity contribution in [3.8, 4) is 10.4 Å². The monoisotopic (exact) mass is 485 g/mol. The molecule has 1 aliphatic heterocycles. The van der Waals surface area contributed by atoms with E-state index in [1.54, 1.807) is 15.5 Å². The molecular weight excluding hydrogens is 466 g/mol. The molecule has 3 aromatic heterocycles. The average molecular weight is 486 g/mol. The number of fused-ring (bicyclic) bond motifs is 1. The van der Waals surface area contributed by atoms with Gasteiger partial charge < -0.3 is 10.2 Å². The number of nitrogens with one attached hydrogen (secondary N) is 1. The third-order valence-corrected chi connectivity index (χ3v) is 7.59. The maximum atomic E-state index is 13.3. The Kier molecular flexibility index (Phi) is 5.48. The first-order valence-corrected chi connectivity index (χ1v) is 12.2. The van der Waals surface area contributed by atoms with Gasteiger partial charge in [0.25, 0.3) is 11.8 Å². The summed E-state index contributed by atoms with van der Waals surface area (Å²) in [6.07, 6.45) is 2.59. The van der Waals surface area contributed by atoms with Crippen LogP contribution in [-0.2, 0) is 0 Å². The van der Waals surface area contributed by atoms with E-state index >= 15 is 0 Å². The number of hydrogen-bond donors (Lipinski definition) is 1. The number of rotatable bonds is 5. The van der Waals surface area contributed by atoms with Gasteiger partial charge >= 0.3 is 0 Å². The number of aryl methyl sites for hydroxylation is 2. The number of carbonyl (C=O) groups is 2. The topological polar surface area (TPSA) is 79.6 Å². The summed E-state index contributed by atoms with van der Waals surface area (Å²) in [5, 5.41) is 5.79. The van der Waals surface area contributed by atoms with Crippen molar-refractivity contribution in [2.24, 2.45) is 0 Å². The molecule has 1 fully saturated rings. The molecule has 1 aliphatic rings. The molecule has 4 aromatic rings. The Bertz CT molecular complexity index is 1340. The van der Waals surface area contributed by atoms with E-state index in [1.807, 2.05) is 37.4 Å². The van der Waals surface area contributed by atoms with Crippen LogP contribution in [-0.4, -0.2) is 50.2 Å². The molecule has 1 N–H and O–H groups in total. The summed E-state index contributed by atoms with van der Waals surface area (Å²) in [6.45, 7) is 4.94. The van der Waals surface area contributed by atoms with Gasteiger partial charge in [-0.25, -0.2) is 9.97 Å². The first kappa shape index (κ1) is 21.1. The van der Waals surface area contributed by atoms with Gasteiger partial charge in [-0.2, -0.15) is 0 Å². The fourth-order valence-corrected chi connectivity index (χ4v) is 5.79. The van der Waals surface area contributed by atoms with Crippen molar-refractivity contribution in [1.82, 2.24) is 24.6 Å². The van der Waals surface area contributed by atoms with E-state index in [9.17, 15) is 9.59 Å². The van der Waals surface area contributed by atoms with Gasteiger partial charge in [-0.1, -0.05) is 41.4 Å². The van der Waals surface area contributed by atoms with E-state index in [2.05, 4.69) is 21.4 Å². The van der Waals surface area contributed by atoms with Crippen LogP contribution in [0.15, 0.2) is 35.8 Å². The normalized spacial score (nSPS) is 15.7. The van der Waals surface area contributed by atoms with Crippen molar-refractivity contribution in [2.45, 2.75) is 26.3 Å². The average Bonchev–Trinajstić information content (AvgIpc) is 3.41. The minimum atomic E-state index is -0.301. The lowest BCUT2D eigenvalue weighted by Crippen LogP contribution is -2.56. The van der Waals surface area contributed by atoms with Crippen LogP contribution in [0.2, 0.25) is 5.15 Å². The van der Waals surface area contributed by atoms with E-state index in [-0.39, 0.29) is 23.0 Å². The number of imidazole rings is 1. The summed E-state index contributed by atoms with van der Waals surface area (Å²) in [7, 11) is 0. The van der Waals surface area contributed by atoms with Crippen molar-refractivity contribution in [2.75, 3.05) is 13.1 Å². The molecule has 4 heterocycles. The number of benzene rings is 1. The molecule has 0 spiro atoms. The molecule has 0 aliphatic carbocycles. The molecule has 0 radical (unpaired) electrons. The third-order valence-electron chi connectivity index (χ3n) is 5.55. The van der Waals surface area contributed by atoms with Crippen molar-refractivity contribution >= 4 is 51.0 Å². The molecule has 10 heteroatoms. The van der Waals surface area contributed by atoms with Gasteiger partial charge in [-0.3, -0.25) is 14.0 Å². The Hall–Kier alpha value is -2.75. The molecule has 1 atom stereocenters. The first-order chi connectivity index (χ1) is 15.4. The maximum Gasteiger partial charge on any atom is 0.274 e. The van der Waals surface area contributed by atoms with Crippen molar-refractivity contribution in [3.63, 3.8) is 0 Å². The second-order valence-corrected chi connectivity index (χ2v) is 10.2. The number of thiazole rings is 2. The molecular formula is C22H20ClN5O2S2. The van der Waals surface area contributed by atoms with Gasteiger partial charge in [0.15, 0.2) is 15.8 Å². The standard InChI is InChI=1S/C22H20ClN5O2S2/c1-12-4-3-5-14(10-12)18-16(25-13(2)32-18)21(30)27-7-6-15(27)11-24-20(29)17-19(23)26-22-28(17)8-9-31-22/h3-5,8-10,15H,6-7,11H2,1-2H3,(H,24,29). The van der Waals surface area contributed by atoms with Crippen molar-refractivity contribution < 1.29 is 9.59 Å². The zero-order valence-corrected chi connectivity index (χ0v) is 19.9. The number of nitrogens with zero attached hydrogens (tertiary/aromatic N) is 4. The van der Waals surface area contributed by atoms with E-state index < -0.39 is 0 Å². The molecule has 1 unspecified atom stereocenters. The van der Waals surface area contributed by atoms with Gasteiger partial charge in [-0.15, -0.1) is 22.7 Å². The molecule has 0 bridgehead atoms. The fraction of sp³-hybridized carbons (Fsp3) is 0.273. The van der Waals surface area contributed by atoms with E-state index in [4.69, 9.17) is 11.6 Å². The van der Waals surface area contributed by atoms with E-state index in [0.29, 0.717) is 29.4 Å². The van der Waals surface area contributed by atoms with Crippen LogP contribution >= 0.6 is 34.3 Å². The number of carbonyl (C=O) groups excluding carboxylic acids is 2. The zero-order valence-electron chi connectivity index (χ0n) is 17.5. The minimum absolute atomic E-state index is 0.0801. The predicted molar refractivity (Wildman–Crippen MR) is 127 cm³/mol. The molecule has 164 valence electrons. The Labute approximate surface area is 197 Å². The summed E-state index contributed by atoms with van der Waals surface area (Å²) >= 11 is 9.10. The number of amides is 2. The lowest BCUT2D eigenvalue weighted by molar-refractivity contribution is 0.0451. The lowest BCUT2D eigenvalue weighted by atomic mass is 10.0. The van der Waals surface area contributed by atoms with Gasteiger partial charge in [0.05, 0.1) is 15.9 Å². The predicted octanol–water partition coefficient (Wildman–Crippen LogP) is 4.43. The minimum Gasteiger partial charge on any atom is -0.349 e. The Morgan fingerprint density at radius 1 is 1.28 bits per heavy atom. The highest BCUT2D eigenvalue weighted by Crippen LogP contribution is 2.33. The molecule has 0 saturated carbocycles. The summed E-state index contributed by atoms with van der Waals surface area (Å²) in [5.74, 6) is -0.399. The molecule has 2 amide bonds. The van der Waals surface area contributed by atoms with Crippen LogP contribution in [0.3, 0.4) is 0 Å². The van der Waals surface area contributed by atoms with Crippen molar-refractivity contribution in [3.05, 3.63) is 63.0 Å². The Morgan fingerprint density at radius 3 is 2.88 bits per heavy atom. The van der Waals surface area contributed by atoms with Crippen LogP contribution < -0.4 is 5.32 Å². The number of likely N-dealkylation sites (tertiary alicyclic amines) is 1. The van der Waals surface area contributed by atoms with Crippen LogP contribution in [0.25, 0.3) is 15.4 Å². The first-order valence-electron chi connectivity index (χ1n) is 10.2. The van der Waals surface area contributed by atoms with Crippen LogP contribution in [0, 0.1) is 13.8 Å². The van der Waals surface area contributed by atoms with Crippen LogP contribution in [0.4, 0.5) is 0 Å². The molecule has 5 rings (SSSR count). The second-order valence-electron chi connectivity index (χ2n) is 7.74. The van der Waals surface area contributed by atoms with Gasteiger partial charge in [0.2, 0.25) is 0 Å². The van der Waals surface area contributed by atoms with Gasteiger partial charge in [-0.05, 0) is 25.8 Å². The highest BCUT2D eigenvalue weighted by Gasteiger charge is 2.35. The molecule has 1 aromatic carbocycles. The molecule has 32 heavy (non-hydrogen) atoms. The molecule has 7 nitrogen and oxygen atoms in total. The van der Waals surface area contributed by atoms with Crippen LogP contribution in [0.5, 0.6) is 0 Å². The SMILES string of the molecule is Cc1cccc(-c2sc(C)nc2C(=O)N2CCC2CNC(=O)c2c(Cl)nc3sccn23)c1. The largest absolute Gasteiger partial charge is 0.349 e. The quantitative estimate of drug-likeness (QED) is 0.453. The smallest absolute Gasteiger partial charge is 0.274 e. The summed E-state index contributed by atoms with van der Waals surface area (Å²) in [4.78, 5) is 38.1. The summed E-state index contributed by atoms with van der Waals surface area (Å²) in [5.41, 5.74) is 2.93. The van der Waals surface area contributed by atoms with Gasteiger partial charge in [0, 0.05) is 24.7 Å². The fourth-order valence-electron chi connectivity index (χ4n) is 3.87. The zero-order chi connectivity index (χ0) is 22.4. The van der Waals surface area contributed by atoms with Crippen LogP contribution in [0.1, 0.15) is 38.0 Å². The molecule has 1 saturated heterocycles. The summed E-state index contributed by atoms with van der Waals surface area (Å²) < 4.78 is 1.68. The number of hydrogen-bond acceptors (Lipinski definition) is 6. The maximum absolute atomic E-state index is 13.3. The Balaban J connectivity index is 1.31. The number of halogens is 1. The Morgan fingerprint density at radius 2 is 2.12 bits per heavy atom.